The van der Waals surface area contributed by atoms with Crippen LogP contribution in [0.15, 0.2) is 54.7 Å². The highest BCUT2D eigenvalue weighted by molar-refractivity contribution is 6.04. The molecule has 0 fully saturated rings. The summed E-state index contributed by atoms with van der Waals surface area (Å²) in [6.45, 7) is 2.43. The van der Waals surface area contributed by atoms with Gasteiger partial charge in [-0.25, -0.2) is 8.78 Å². The normalized spacial score (nSPS) is 10.7. The molecular formula is C17H15F2NO2. The molecule has 0 heterocycles. The lowest BCUT2D eigenvalue weighted by atomic mass is 10.1. The summed E-state index contributed by atoms with van der Waals surface area (Å²) < 4.78 is 31.3. The van der Waals surface area contributed by atoms with E-state index in [1.165, 1.54) is 12.3 Å². The van der Waals surface area contributed by atoms with Crippen LogP contribution in [0.5, 0.6) is 5.75 Å². The summed E-state index contributed by atoms with van der Waals surface area (Å²) in [5.74, 6) is -0.911. The van der Waals surface area contributed by atoms with Gasteiger partial charge in [0.05, 0.1) is 6.61 Å². The number of ketones is 1. The Kier molecular flexibility index (Phi) is 5.25. The SMILES string of the molecule is CCOc1ccc(C(=O)/C=C/Nc2cc(F)cc(F)c2)cc1. The van der Waals surface area contributed by atoms with Gasteiger partial charge in [-0.15, -0.1) is 0 Å². The van der Waals surface area contributed by atoms with Crippen LogP contribution in [0, 0.1) is 11.6 Å². The predicted molar refractivity (Wildman–Crippen MR) is 81.1 cm³/mol. The van der Waals surface area contributed by atoms with Gasteiger partial charge in [-0.2, -0.15) is 0 Å². The van der Waals surface area contributed by atoms with E-state index in [9.17, 15) is 13.6 Å². The number of rotatable bonds is 6. The quantitative estimate of drug-likeness (QED) is 0.643. The van der Waals surface area contributed by atoms with E-state index >= 15 is 0 Å². The lowest BCUT2D eigenvalue weighted by Crippen LogP contribution is -1.97. The number of nitrogens with one attached hydrogen (secondary N) is 1. The molecular weight excluding hydrogens is 288 g/mol. The number of carbonyl (C=O) groups excluding carboxylic acids is 1. The second kappa shape index (κ2) is 7.36. The molecule has 2 aromatic carbocycles. The van der Waals surface area contributed by atoms with Crippen molar-refractivity contribution in [2.75, 3.05) is 11.9 Å². The van der Waals surface area contributed by atoms with E-state index in [2.05, 4.69) is 5.32 Å². The number of halogens is 2. The number of hydrogen-bond acceptors (Lipinski definition) is 3. The van der Waals surface area contributed by atoms with Gasteiger partial charge < -0.3 is 10.1 Å². The highest BCUT2D eigenvalue weighted by Gasteiger charge is 2.02. The first-order valence-corrected chi connectivity index (χ1v) is 6.75. The Hall–Kier alpha value is -2.69. The Balaban J connectivity index is 1.98. The van der Waals surface area contributed by atoms with E-state index in [0.29, 0.717) is 17.9 Å². The zero-order chi connectivity index (χ0) is 15.9. The molecule has 0 unspecified atom stereocenters. The van der Waals surface area contributed by atoms with Crippen molar-refractivity contribution in [3.63, 3.8) is 0 Å². The molecule has 2 rings (SSSR count). The average molecular weight is 303 g/mol. The van der Waals surface area contributed by atoms with Gasteiger partial charge in [0.2, 0.25) is 0 Å². The molecule has 0 aromatic heterocycles. The van der Waals surface area contributed by atoms with Crippen LogP contribution < -0.4 is 10.1 Å². The van der Waals surface area contributed by atoms with Crippen LogP contribution in [-0.2, 0) is 0 Å². The maximum absolute atomic E-state index is 13.0. The van der Waals surface area contributed by atoms with Gasteiger partial charge in [-0.3, -0.25) is 4.79 Å². The molecule has 0 saturated carbocycles. The van der Waals surface area contributed by atoms with Gasteiger partial charge in [0.1, 0.15) is 17.4 Å². The largest absolute Gasteiger partial charge is 0.494 e. The minimum atomic E-state index is -0.686. The van der Waals surface area contributed by atoms with Crippen molar-refractivity contribution in [2.45, 2.75) is 6.92 Å². The van der Waals surface area contributed by atoms with E-state index in [1.54, 1.807) is 24.3 Å². The molecule has 0 radical (unpaired) electrons. The smallest absolute Gasteiger partial charge is 0.187 e. The minimum absolute atomic E-state index is 0.229. The van der Waals surface area contributed by atoms with Crippen molar-refractivity contribution in [1.29, 1.82) is 0 Å². The zero-order valence-corrected chi connectivity index (χ0v) is 12.0. The molecule has 114 valence electrons. The maximum Gasteiger partial charge on any atom is 0.187 e. The predicted octanol–water partition coefficient (Wildman–Crippen LogP) is 4.17. The molecule has 0 aliphatic carbocycles. The van der Waals surface area contributed by atoms with E-state index in [-0.39, 0.29) is 11.5 Å². The van der Waals surface area contributed by atoms with Crippen molar-refractivity contribution in [2.24, 2.45) is 0 Å². The summed E-state index contributed by atoms with van der Waals surface area (Å²) in [5, 5.41) is 2.65. The van der Waals surface area contributed by atoms with Crippen molar-refractivity contribution in [3.8, 4) is 5.75 Å². The van der Waals surface area contributed by atoms with E-state index < -0.39 is 11.6 Å². The molecule has 2 aromatic rings. The molecule has 0 aliphatic heterocycles. The molecule has 1 N–H and O–H groups in total. The molecule has 0 aliphatic rings. The Morgan fingerprint density at radius 2 is 1.77 bits per heavy atom. The van der Waals surface area contributed by atoms with Crippen molar-refractivity contribution in [3.05, 3.63) is 71.9 Å². The van der Waals surface area contributed by atoms with Crippen LogP contribution in [0.1, 0.15) is 17.3 Å². The number of hydrogen-bond donors (Lipinski definition) is 1. The summed E-state index contributed by atoms with van der Waals surface area (Å²) in [4.78, 5) is 11.9. The van der Waals surface area contributed by atoms with Gasteiger partial charge in [0.25, 0.3) is 0 Å². The summed E-state index contributed by atoms with van der Waals surface area (Å²) in [7, 11) is 0. The van der Waals surface area contributed by atoms with Crippen molar-refractivity contribution in [1.82, 2.24) is 0 Å². The fraction of sp³-hybridized carbons (Fsp3) is 0.118. The number of allylic oxidation sites excluding steroid dienone is 1. The standard InChI is InChI=1S/C17H15F2NO2/c1-2-22-16-5-3-12(4-6-16)17(21)7-8-20-15-10-13(18)9-14(19)11-15/h3-11,20H,2H2,1H3/b8-7+. The van der Waals surface area contributed by atoms with Crippen LogP contribution in [0.25, 0.3) is 0 Å². The third kappa shape index (κ3) is 4.41. The molecule has 0 bridgehead atoms. The Labute approximate surface area is 127 Å². The monoisotopic (exact) mass is 303 g/mol. The lowest BCUT2D eigenvalue weighted by molar-refractivity contribution is 0.104. The van der Waals surface area contributed by atoms with Crippen molar-refractivity contribution < 1.29 is 18.3 Å². The third-order valence-electron chi connectivity index (χ3n) is 2.80. The fourth-order valence-electron chi connectivity index (χ4n) is 1.83. The summed E-state index contributed by atoms with van der Waals surface area (Å²) in [6.07, 6.45) is 2.63. The number of ether oxygens (including phenoxy) is 1. The molecule has 3 nitrogen and oxygen atoms in total. The number of benzene rings is 2. The van der Waals surface area contributed by atoms with E-state index in [4.69, 9.17) is 4.74 Å². The van der Waals surface area contributed by atoms with E-state index in [1.807, 2.05) is 6.92 Å². The van der Waals surface area contributed by atoms with Crippen LogP contribution >= 0.6 is 0 Å². The van der Waals surface area contributed by atoms with Crippen LogP contribution in [0.3, 0.4) is 0 Å². The fourth-order valence-corrected chi connectivity index (χ4v) is 1.83. The first-order chi connectivity index (χ1) is 10.6. The Bertz CT molecular complexity index is 661. The van der Waals surface area contributed by atoms with Crippen LogP contribution in [0.2, 0.25) is 0 Å². The molecule has 5 heteroatoms. The van der Waals surface area contributed by atoms with Crippen molar-refractivity contribution >= 4 is 11.5 Å². The van der Waals surface area contributed by atoms with Gasteiger partial charge in [-0.05, 0) is 43.3 Å². The first kappa shape index (κ1) is 15.7. The topological polar surface area (TPSA) is 38.3 Å². The number of anilines is 1. The second-order valence-corrected chi connectivity index (χ2v) is 4.46. The van der Waals surface area contributed by atoms with Crippen LogP contribution in [0.4, 0.5) is 14.5 Å². The lowest BCUT2D eigenvalue weighted by Gasteiger charge is -2.03. The van der Waals surface area contributed by atoms with E-state index in [0.717, 1.165) is 18.2 Å². The molecule has 0 amide bonds. The number of carbonyl (C=O) groups is 1. The summed E-state index contributed by atoms with van der Waals surface area (Å²) in [6, 6.07) is 9.77. The summed E-state index contributed by atoms with van der Waals surface area (Å²) in [5.41, 5.74) is 0.722. The average Bonchev–Trinajstić information content (AvgIpc) is 2.47. The second-order valence-electron chi connectivity index (χ2n) is 4.46. The van der Waals surface area contributed by atoms with Gasteiger partial charge in [-0.1, -0.05) is 0 Å². The Morgan fingerprint density at radius 1 is 1.14 bits per heavy atom. The van der Waals surface area contributed by atoms with Crippen LogP contribution in [-0.4, -0.2) is 12.4 Å². The first-order valence-electron chi connectivity index (χ1n) is 6.75. The minimum Gasteiger partial charge on any atom is -0.494 e. The third-order valence-corrected chi connectivity index (χ3v) is 2.80. The highest BCUT2D eigenvalue weighted by Crippen LogP contribution is 2.14. The van der Waals surface area contributed by atoms with Gasteiger partial charge >= 0.3 is 0 Å². The maximum atomic E-state index is 13.0. The summed E-state index contributed by atoms with van der Waals surface area (Å²) >= 11 is 0. The zero-order valence-electron chi connectivity index (χ0n) is 12.0. The molecule has 0 spiro atoms. The van der Waals surface area contributed by atoms with Gasteiger partial charge in [0, 0.05) is 29.6 Å². The highest BCUT2D eigenvalue weighted by atomic mass is 19.1. The molecule has 0 atom stereocenters. The molecule has 22 heavy (non-hydrogen) atoms. The van der Waals surface area contributed by atoms with Gasteiger partial charge in [0.15, 0.2) is 5.78 Å². The molecule has 0 saturated heterocycles. The Morgan fingerprint density at radius 3 is 2.36 bits per heavy atom.